The van der Waals surface area contributed by atoms with Crippen molar-refractivity contribution in [3.63, 3.8) is 0 Å². The number of hydrogen-bond acceptors (Lipinski definition) is 9. The van der Waals surface area contributed by atoms with Crippen molar-refractivity contribution in [3.05, 3.63) is 64.2 Å². The molecule has 0 saturated carbocycles. The fourth-order valence-electron chi connectivity index (χ4n) is 4.39. The molecule has 5 atom stereocenters. The highest BCUT2D eigenvalue weighted by Gasteiger charge is 2.48. The van der Waals surface area contributed by atoms with E-state index in [-0.39, 0.29) is 6.61 Å². The number of rotatable bonds is 8. The van der Waals surface area contributed by atoms with Gasteiger partial charge in [0.05, 0.1) is 6.10 Å². The van der Waals surface area contributed by atoms with Gasteiger partial charge in [0.2, 0.25) is 0 Å². The molecule has 0 N–H and O–H groups in total. The molecule has 0 bridgehead atoms. The van der Waals surface area contributed by atoms with Gasteiger partial charge in [0.1, 0.15) is 24.6 Å². The first-order valence-electron chi connectivity index (χ1n) is 12.1. The molecule has 1 fully saturated rings. The normalized spacial score (nSPS) is 22.7. The van der Waals surface area contributed by atoms with E-state index in [4.69, 9.17) is 35.3 Å². The topological polar surface area (TPSA) is 114 Å². The van der Waals surface area contributed by atoms with E-state index in [0.717, 1.165) is 11.1 Å². The molecule has 1 saturated heterocycles. The Labute approximate surface area is 226 Å². The maximum Gasteiger partial charge on any atom is 0.308 e. The summed E-state index contributed by atoms with van der Waals surface area (Å²) in [6.07, 6.45) is -2.80. The summed E-state index contributed by atoms with van der Waals surface area (Å²) >= 11 is 6.52. The summed E-state index contributed by atoms with van der Waals surface area (Å²) in [5.74, 6) is -1.99. The molecule has 38 heavy (non-hydrogen) atoms. The Morgan fingerprint density at radius 3 is 2.05 bits per heavy atom. The van der Waals surface area contributed by atoms with Crippen LogP contribution in [0.3, 0.4) is 0 Å². The molecule has 0 aliphatic carbocycles. The molecule has 0 radical (unpaired) electrons. The zero-order chi connectivity index (χ0) is 28.0. The second kappa shape index (κ2) is 12.9. The van der Waals surface area contributed by atoms with Crippen LogP contribution in [0.5, 0.6) is 5.75 Å². The highest BCUT2D eigenvalue weighted by Crippen LogP contribution is 2.40. The van der Waals surface area contributed by atoms with Gasteiger partial charge in [-0.05, 0) is 41.3 Å². The van der Waals surface area contributed by atoms with Crippen molar-refractivity contribution < 1.29 is 42.9 Å². The van der Waals surface area contributed by atoms with E-state index in [1.54, 1.807) is 31.2 Å². The van der Waals surface area contributed by atoms with Crippen molar-refractivity contribution in [2.24, 2.45) is 5.92 Å². The van der Waals surface area contributed by atoms with Crippen LogP contribution in [0.25, 0.3) is 0 Å². The maximum absolute atomic E-state index is 12.0. The largest absolute Gasteiger partial charge is 0.463 e. The number of carbonyl (C=O) groups is 4. The summed E-state index contributed by atoms with van der Waals surface area (Å²) in [6, 6.07) is 12.3. The van der Waals surface area contributed by atoms with Crippen molar-refractivity contribution >= 4 is 35.5 Å². The van der Waals surface area contributed by atoms with E-state index in [9.17, 15) is 19.2 Å². The summed E-state index contributed by atoms with van der Waals surface area (Å²) in [5, 5.41) is 0.513. The third-order valence-electron chi connectivity index (χ3n) is 6.08. The Morgan fingerprint density at radius 1 is 0.842 bits per heavy atom. The second-order valence-electron chi connectivity index (χ2n) is 9.17. The molecule has 10 heteroatoms. The smallest absolute Gasteiger partial charge is 0.308 e. The molecule has 2 aromatic carbocycles. The van der Waals surface area contributed by atoms with Gasteiger partial charge < -0.3 is 23.7 Å². The monoisotopic (exact) mass is 546 g/mol. The Kier molecular flexibility index (Phi) is 9.88. The minimum Gasteiger partial charge on any atom is -0.463 e. The highest BCUT2D eigenvalue weighted by molar-refractivity contribution is 6.31. The third kappa shape index (κ3) is 7.79. The van der Waals surface area contributed by atoms with E-state index in [0.29, 0.717) is 22.8 Å². The van der Waals surface area contributed by atoms with E-state index in [1.165, 1.54) is 27.7 Å². The van der Waals surface area contributed by atoms with Crippen molar-refractivity contribution in [3.8, 4) is 5.75 Å². The molecular weight excluding hydrogens is 516 g/mol. The fraction of sp³-hybridized carbons (Fsp3) is 0.429. The molecule has 1 heterocycles. The third-order valence-corrected chi connectivity index (χ3v) is 6.45. The van der Waals surface area contributed by atoms with Gasteiger partial charge in [0.25, 0.3) is 0 Å². The van der Waals surface area contributed by atoms with Crippen LogP contribution in [0.15, 0.2) is 42.5 Å². The van der Waals surface area contributed by atoms with E-state index >= 15 is 0 Å². The van der Waals surface area contributed by atoms with Crippen LogP contribution in [0.1, 0.15) is 57.4 Å². The van der Waals surface area contributed by atoms with E-state index < -0.39 is 54.2 Å². The number of benzene rings is 2. The lowest BCUT2D eigenvalue weighted by Crippen LogP contribution is -2.54. The summed E-state index contributed by atoms with van der Waals surface area (Å²) in [4.78, 5) is 46.6. The zero-order valence-corrected chi connectivity index (χ0v) is 22.7. The van der Waals surface area contributed by atoms with Gasteiger partial charge >= 0.3 is 23.9 Å². The minimum absolute atomic E-state index is 0.0628. The number of esters is 4. The average Bonchev–Trinajstić information content (AvgIpc) is 2.82. The molecule has 0 amide bonds. The lowest BCUT2D eigenvalue weighted by Gasteiger charge is -2.44. The van der Waals surface area contributed by atoms with Crippen LogP contribution in [-0.2, 0) is 44.5 Å². The molecule has 0 aromatic heterocycles. The SMILES string of the molecule is CC(=O)OC[C@H]1O[C@@H](c2ccc(Cl)c(Cc3ccc(OC(C)=O)cc3)c2)[C@H](OC(C)=O)[C@@H](OC(C)=O)[C@@H]1C. The Balaban J connectivity index is 1.96. The Morgan fingerprint density at radius 2 is 1.47 bits per heavy atom. The van der Waals surface area contributed by atoms with Gasteiger partial charge in [0.15, 0.2) is 6.10 Å². The predicted octanol–water partition coefficient (Wildman–Crippen LogP) is 4.36. The minimum atomic E-state index is -0.947. The number of carbonyl (C=O) groups excluding carboxylic acids is 4. The van der Waals surface area contributed by atoms with Gasteiger partial charge in [-0.25, -0.2) is 0 Å². The van der Waals surface area contributed by atoms with Crippen LogP contribution in [0.4, 0.5) is 0 Å². The van der Waals surface area contributed by atoms with Gasteiger partial charge in [0, 0.05) is 38.6 Å². The van der Waals surface area contributed by atoms with Crippen LogP contribution < -0.4 is 4.74 Å². The average molecular weight is 547 g/mol. The number of hydrogen-bond donors (Lipinski definition) is 0. The van der Waals surface area contributed by atoms with Crippen molar-refractivity contribution in [1.29, 1.82) is 0 Å². The molecule has 204 valence electrons. The van der Waals surface area contributed by atoms with Gasteiger partial charge in [-0.2, -0.15) is 0 Å². The van der Waals surface area contributed by atoms with Crippen LogP contribution in [0.2, 0.25) is 5.02 Å². The lowest BCUT2D eigenvalue weighted by atomic mass is 9.85. The van der Waals surface area contributed by atoms with E-state index in [1.807, 2.05) is 18.2 Å². The highest BCUT2D eigenvalue weighted by atomic mass is 35.5. The quantitative estimate of drug-likeness (QED) is 0.270. The Bertz CT molecular complexity index is 1180. The molecular formula is C28H31ClO9. The second-order valence-corrected chi connectivity index (χ2v) is 9.58. The van der Waals surface area contributed by atoms with Crippen LogP contribution in [-0.4, -0.2) is 48.8 Å². The summed E-state index contributed by atoms with van der Waals surface area (Å²) < 4.78 is 27.8. The van der Waals surface area contributed by atoms with Crippen molar-refractivity contribution in [2.75, 3.05) is 6.61 Å². The van der Waals surface area contributed by atoms with Gasteiger partial charge in [-0.15, -0.1) is 0 Å². The van der Waals surface area contributed by atoms with Crippen molar-refractivity contribution in [1.82, 2.24) is 0 Å². The predicted molar refractivity (Wildman–Crippen MR) is 137 cm³/mol. The summed E-state index contributed by atoms with van der Waals surface area (Å²) in [6.45, 7) is 6.88. The summed E-state index contributed by atoms with van der Waals surface area (Å²) in [5.41, 5.74) is 2.33. The molecule has 0 unspecified atom stereocenters. The number of halogens is 1. The first-order chi connectivity index (χ1) is 17.9. The first-order valence-corrected chi connectivity index (χ1v) is 12.5. The van der Waals surface area contributed by atoms with E-state index in [2.05, 4.69) is 0 Å². The van der Waals surface area contributed by atoms with Crippen molar-refractivity contribution in [2.45, 2.75) is 65.5 Å². The van der Waals surface area contributed by atoms with Gasteiger partial charge in [-0.1, -0.05) is 42.8 Å². The Hall–Kier alpha value is -3.43. The standard InChI is InChI=1S/C28H31ClO9/c1-15-25(14-34-16(2)30)38-27(28(37-19(5)33)26(15)36-18(4)32)21-8-11-24(29)22(13-21)12-20-6-9-23(10-7-20)35-17(3)31/h6-11,13,15,25-28H,12,14H2,1-5H3/t15-,25-,26+,27+,28-/m1/s1. The fourth-order valence-corrected chi connectivity index (χ4v) is 4.57. The molecule has 2 aromatic rings. The lowest BCUT2D eigenvalue weighted by molar-refractivity contribution is -0.232. The first kappa shape index (κ1) is 29.1. The van der Waals surface area contributed by atoms with Crippen LogP contribution in [0, 0.1) is 5.92 Å². The molecule has 0 spiro atoms. The molecule has 1 aliphatic heterocycles. The molecule has 3 rings (SSSR count). The molecule has 1 aliphatic rings. The summed E-state index contributed by atoms with van der Waals surface area (Å²) in [7, 11) is 0. The maximum atomic E-state index is 12.0. The van der Waals surface area contributed by atoms with Crippen LogP contribution >= 0.6 is 11.6 Å². The number of ether oxygens (including phenoxy) is 5. The van der Waals surface area contributed by atoms with Gasteiger partial charge in [-0.3, -0.25) is 19.2 Å². The zero-order valence-electron chi connectivity index (χ0n) is 21.9. The molecule has 9 nitrogen and oxygen atoms in total.